The maximum Gasteiger partial charge on any atom is 0.412 e. The number of rotatable bonds is 4. The molecule has 0 radical (unpaired) electrons. The minimum atomic E-state index is -0.515. The second-order valence-corrected chi connectivity index (χ2v) is 8.85. The number of nitrogens with one attached hydrogen (secondary N) is 2. The molecule has 5 heterocycles. The number of H-pyrrole nitrogens is 1. The Kier molecular flexibility index (Phi) is 4.70. The standard InChI is InChI=1S/C28H22N4O4/c33-28(30-15-18-5-3-4-11-29-18)36-23-10-12-32-22(23)14-20-19-6-1-2-7-21(19)31-26(20)27(32)17-8-9-24-25(13-17)35-16-34-24/h1-13,27,31H,14-16H2,(H,30,33). The summed E-state index contributed by atoms with van der Waals surface area (Å²) in [7, 11) is 0. The van der Waals surface area contributed by atoms with Crippen molar-refractivity contribution in [2.75, 3.05) is 6.79 Å². The first-order chi connectivity index (χ1) is 17.7. The maximum atomic E-state index is 12.6. The normalized spacial score (nSPS) is 15.4. The lowest BCUT2D eigenvalue weighted by Gasteiger charge is -2.28. The number of fused-ring (bicyclic) bond motifs is 5. The van der Waals surface area contributed by atoms with Crippen LogP contribution in [0.3, 0.4) is 0 Å². The summed E-state index contributed by atoms with van der Waals surface area (Å²) in [6.45, 7) is 0.517. The van der Waals surface area contributed by atoms with Gasteiger partial charge in [0.15, 0.2) is 17.2 Å². The number of hydrogen-bond donors (Lipinski definition) is 2. The molecular weight excluding hydrogens is 456 g/mol. The molecule has 7 rings (SSSR count). The number of carbonyl (C=O) groups excluding carboxylic acids is 1. The van der Waals surface area contributed by atoms with Gasteiger partial charge in [-0.1, -0.05) is 30.3 Å². The van der Waals surface area contributed by atoms with Gasteiger partial charge in [0, 0.05) is 35.4 Å². The Bertz CT molecular complexity index is 1600. The van der Waals surface area contributed by atoms with Crippen LogP contribution in [0, 0.1) is 0 Å². The van der Waals surface area contributed by atoms with Crippen molar-refractivity contribution in [3.05, 3.63) is 107 Å². The number of carbonyl (C=O) groups is 1. The van der Waals surface area contributed by atoms with Gasteiger partial charge in [-0.15, -0.1) is 0 Å². The number of hydrogen-bond acceptors (Lipinski definition) is 5. The summed E-state index contributed by atoms with van der Waals surface area (Å²) in [5, 5.41) is 3.95. The highest BCUT2D eigenvalue weighted by Crippen LogP contribution is 2.44. The van der Waals surface area contributed by atoms with E-state index in [9.17, 15) is 4.79 Å². The van der Waals surface area contributed by atoms with Crippen LogP contribution in [-0.2, 0) is 13.0 Å². The number of para-hydroxylation sites is 1. The zero-order chi connectivity index (χ0) is 24.1. The molecular formula is C28H22N4O4. The van der Waals surface area contributed by atoms with Crippen LogP contribution >= 0.6 is 0 Å². The summed E-state index contributed by atoms with van der Waals surface area (Å²) in [5.41, 5.74) is 6.13. The van der Waals surface area contributed by atoms with E-state index < -0.39 is 6.09 Å². The van der Waals surface area contributed by atoms with Gasteiger partial charge in [0.05, 0.1) is 24.0 Å². The minimum Gasteiger partial charge on any atom is -0.454 e. The lowest BCUT2D eigenvalue weighted by molar-refractivity contribution is 0.174. The number of pyridine rings is 1. The van der Waals surface area contributed by atoms with Crippen LogP contribution in [0.4, 0.5) is 4.79 Å². The molecule has 0 fully saturated rings. The summed E-state index contributed by atoms with van der Waals surface area (Å²) >= 11 is 0. The number of nitrogens with zero attached hydrogens (tertiary/aromatic N) is 2. The smallest absolute Gasteiger partial charge is 0.412 e. The van der Waals surface area contributed by atoms with Gasteiger partial charge in [-0.2, -0.15) is 0 Å². The van der Waals surface area contributed by atoms with Crippen LogP contribution in [0.5, 0.6) is 17.2 Å². The van der Waals surface area contributed by atoms with Gasteiger partial charge in [-0.3, -0.25) is 4.98 Å². The highest BCUT2D eigenvalue weighted by Gasteiger charge is 2.33. The number of ether oxygens (including phenoxy) is 3. The fourth-order valence-electron chi connectivity index (χ4n) is 5.14. The molecule has 0 saturated heterocycles. The largest absolute Gasteiger partial charge is 0.454 e. The monoisotopic (exact) mass is 478 g/mol. The van der Waals surface area contributed by atoms with Crippen LogP contribution in [0.15, 0.2) is 79.1 Å². The first-order valence-electron chi connectivity index (χ1n) is 11.8. The van der Waals surface area contributed by atoms with Crippen molar-refractivity contribution in [1.29, 1.82) is 0 Å². The van der Waals surface area contributed by atoms with Crippen molar-refractivity contribution in [2.24, 2.45) is 0 Å². The van der Waals surface area contributed by atoms with E-state index in [1.54, 1.807) is 6.20 Å². The van der Waals surface area contributed by atoms with Crippen LogP contribution in [0.2, 0.25) is 0 Å². The van der Waals surface area contributed by atoms with Crippen molar-refractivity contribution < 1.29 is 19.0 Å². The predicted octanol–water partition coefficient (Wildman–Crippen LogP) is 4.92. The van der Waals surface area contributed by atoms with E-state index in [0.717, 1.165) is 45.0 Å². The third kappa shape index (κ3) is 3.38. The van der Waals surface area contributed by atoms with Crippen LogP contribution in [0.25, 0.3) is 10.9 Å². The summed E-state index contributed by atoms with van der Waals surface area (Å²) in [5.74, 6) is 2.01. The molecule has 0 saturated carbocycles. The summed E-state index contributed by atoms with van der Waals surface area (Å²) in [6.07, 6.45) is 3.79. The van der Waals surface area contributed by atoms with Crippen molar-refractivity contribution in [1.82, 2.24) is 19.9 Å². The van der Waals surface area contributed by atoms with E-state index in [-0.39, 0.29) is 12.8 Å². The van der Waals surface area contributed by atoms with E-state index in [1.807, 2.05) is 54.7 Å². The third-order valence-corrected chi connectivity index (χ3v) is 6.78. The molecule has 8 heteroatoms. The minimum absolute atomic E-state index is 0.139. The van der Waals surface area contributed by atoms with Gasteiger partial charge >= 0.3 is 6.09 Å². The number of benzene rings is 2. The molecule has 5 aromatic rings. The molecule has 2 aromatic carbocycles. The van der Waals surface area contributed by atoms with Gasteiger partial charge in [0.2, 0.25) is 6.79 Å². The molecule has 178 valence electrons. The average molecular weight is 479 g/mol. The van der Waals surface area contributed by atoms with Gasteiger partial charge < -0.3 is 29.1 Å². The number of amides is 1. The van der Waals surface area contributed by atoms with Crippen LogP contribution in [-0.4, -0.2) is 27.4 Å². The first-order valence-corrected chi connectivity index (χ1v) is 11.8. The summed E-state index contributed by atoms with van der Waals surface area (Å²) in [4.78, 5) is 20.5. The Morgan fingerprint density at radius 3 is 2.89 bits per heavy atom. The van der Waals surface area contributed by atoms with Gasteiger partial charge in [-0.05, 0) is 47.5 Å². The van der Waals surface area contributed by atoms with Crippen molar-refractivity contribution in [3.8, 4) is 17.2 Å². The molecule has 8 nitrogen and oxygen atoms in total. The number of aromatic amines is 1. The Balaban J connectivity index is 1.26. The summed E-state index contributed by atoms with van der Waals surface area (Å²) in [6, 6.07) is 21.6. The lowest BCUT2D eigenvalue weighted by atomic mass is 9.92. The molecule has 1 unspecified atom stereocenters. The van der Waals surface area contributed by atoms with Crippen molar-refractivity contribution in [3.63, 3.8) is 0 Å². The molecule has 3 aromatic heterocycles. The zero-order valence-electron chi connectivity index (χ0n) is 19.2. The Hall–Kier alpha value is -4.72. The van der Waals surface area contributed by atoms with E-state index in [1.165, 1.54) is 5.56 Å². The number of aromatic nitrogens is 3. The topological polar surface area (TPSA) is 90.4 Å². The highest BCUT2D eigenvalue weighted by atomic mass is 16.7. The van der Waals surface area contributed by atoms with Crippen molar-refractivity contribution >= 4 is 17.0 Å². The Morgan fingerprint density at radius 1 is 1.08 bits per heavy atom. The van der Waals surface area contributed by atoms with Gasteiger partial charge in [-0.25, -0.2) is 4.79 Å². The van der Waals surface area contributed by atoms with Gasteiger partial charge in [0.1, 0.15) is 0 Å². The second kappa shape index (κ2) is 8.20. The van der Waals surface area contributed by atoms with E-state index in [2.05, 4.69) is 38.1 Å². The molecule has 0 bridgehead atoms. The van der Waals surface area contributed by atoms with Crippen molar-refractivity contribution in [2.45, 2.75) is 19.0 Å². The molecule has 36 heavy (non-hydrogen) atoms. The molecule has 1 amide bonds. The Morgan fingerprint density at radius 2 is 1.97 bits per heavy atom. The molecule has 0 aliphatic carbocycles. The third-order valence-electron chi connectivity index (χ3n) is 6.78. The predicted molar refractivity (Wildman–Crippen MR) is 132 cm³/mol. The fraction of sp³-hybridized carbons (Fsp3) is 0.143. The van der Waals surface area contributed by atoms with Crippen LogP contribution in [0.1, 0.15) is 34.3 Å². The fourth-order valence-corrected chi connectivity index (χ4v) is 5.14. The highest BCUT2D eigenvalue weighted by molar-refractivity contribution is 5.86. The second-order valence-electron chi connectivity index (χ2n) is 8.85. The van der Waals surface area contributed by atoms with E-state index >= 15 is 0 Å². The molecule has 0 spiro atoms. The quantitative estimate of drug-likeness (QED) is 0.375. The molecule has 2 aliphatic rings. The van der Waals surface area contributed by atoms with E-state index in [0.29, 0.717) is 18.7 Å². The first kappa shape index (κ1) is 20.6. The SMILES string of the molecule is O=C(NCc1ccccn1)Oc1ccn2c1Cc1c([nH]c3ccccc13)C2c1ccc2c(c1)OCO2. The van der Waals surface area contributed by atoms with E-state index in [4.69, 9.17) is 14.2 Å². The van der Waals surface area contributed by atoms with Gasteiger partial charge in [0.25, 0.3) is 0 Å². The lowest BCUT2D eigenvalue weighted by Crippen LogP contribution is -2.27. The average Bonchev–Trinajstić information content (AvgIpc) is 3.63. The Labute approximate surface area is 206 Å². The summed E-state index contributed by atoms with van der Waals surface area (Å²) < 4.78 is 19.1. The zero-order valence-corrected chi connectivity index (χ0v) is 19.2. The molecule has 1 atom stereocenters. The molecule has 2 N–H and O–H groups in total. The van der Waals surface area contributed by atoms with Crippen LogP contribution < -0.4 is 19.5 Å². The maximum absolute atomic E-state index is 12.6. The molecule has 2 aliphatic heterocycles.